The minimum atomic E-state index is -0.469. The van der Waals surface area contributed by atoms with Crippen LogP contribution >= 0.6 is 0 Å². The van der Waals surface area contributed by atoms with Crippen LogP contribution < -0.4 is 5.69 Å². The van der Waals surface area contributed by atoms with Crippen molar-refractivity contribution >= 4 is 16.8 Å². The number of hydrogen-bond acceptors (Lipinski definition) is 4. The standard InChI is InChI=1S/C18H22N4O2/c23-17(16-14-6-2-3-7-15(14)19-18(24)20-16)22-11-8-13(12-22)21-9-4-1-5-10-21/h2-3,6-7,13H,1,4-5,8-12H2,(H,19,20,24). The highest BCUT2D eigenvalue weighted by Gasteiger charge is 2.32. The summed E-state index contributed by atoms with van der Waals surface area (Å²) in [6.45, 7) is 3.75. The molecule has 1 N–H and O–H groups in total. The number of aromatic nitrogens is 2. The number of amides is 1. The van der Waals surface area contributed by atoms with E-state index >= 15 is 0 Å². The number of likely N-dealkylation sites (tertiary alicyclic amines) is 2. The maximum atomic E-state index is 12.9. The van der Waals surface area contributed by atoms with Crippen molar-refractivity contribution < 1.29 is 4.79 Å². The Morgan fingerprint density at radius 3 is 2.75 bits per heavy atom. The van der Waals surface area contributed by atoms with E-state index in [9.17, 15) is 9.59 Å². The van der Waals surface area contributed by atoms with E-state index in [0.29, 0.717) is 16.9 Å². The molecule has 0 aliphatic carbocycles. The van der Waals surface area contributed by atoms with Crippen molar-refractivity contribution in [3.05, 3.63) is 40.4 Å². The fraction of sp³-hybridized carbons (Fsp3) is 0.500. The molecule has 2 fully saturated rings. The first-order chi connectivity index (χ1) is 11.7. The molecule has 1 atom stereocenters. The molecule has 1 aromatic carbocycles. The number of nitrogens with zero attached hydrogens (tertiary/aromatic N) is 3. The zero-order valence-corrected chi connectivity index (χ0v) is 13.7. The second-order valence-corrected chi connectivity index (χ2v) is 6.73. The number of H-pyrrole nitrogens is 1. The molecule has 1 unspecified atom stereocenters. The van der Waals surface area contributed by atoms with Gasteiger partial charge in [-0.2, -0.15) is 4.98 Å². The van der Waals surface area contributed by atoms with Gasteiger partial charge in [-0.15, -0.1) is 0 Å². The van der Waals surface area contributed by atoms with Crippen molar-refractivity contribution in [2.75, 3.05) is 26.2 Å². The molecule has 0 saturated carbocycles. The molecular weight excluding hydrogens is 304 g/mol. The number of carbonyl (C=O) groups excluding carboxylic acids is 1. The van der Waals surface area contributed by atoms with Crippen LogP contribution in [0.5, 0.6) is 0 Å². The Hall–Kier alpha value is -2.21. The molecule has 2 saturated heterocycles. The molecule has 3 heterocycles. The van der Waals surface area contributed by atoms with Crippen LogP contribution in [0.2, 0.25) is 0 Å². The number of carbonyl (C=O) groups is 1. The number of aromatic amines is 1. The first-order valence-electron chi connectivity index (χ1n) is 8.75. The number of piperidine rings is 1. The van der Waals surface area contributed by atoms with Gasteiger partial charge in [0, 0.05) is 24.5 Å². The van der Waals surface area contributed by atoms with E-state index in [1.165, 1.54) is 19.3 Å². The molecule has 1 aromatic heterocycles. The summed E-state index contributed by atoms with van der Waals surface area (Å²) in [5, 5.41) is 0.712. The summed E-state index contributed by atoms with van der Waals surface area (Å²) in [4.78, 5) is 35.7. The van der Waals surface area contributed by atoms with Gasteiger partial charge in [0.05, 0.1) is 5.52 Å². The van der Waals surface area contributed by atoms with E-state index in [2.05, 4.69) is 14.9 Å². The molecule has 4 rings (SSSR count). The molecule has 126 valence electrons. The maximum absolute atomic E-state index is 12.9. The van der Waals surface area contributed by atoms with Crippen molar-refractivity contribution in [3.8, 4) is 0 Å². The monoisotopic (exact) mass is 326 g/mol. The molecule has 0 bridgehead atoms. The molecule has 1 amide bonds. The van der Waals surface area contributed by atoms with Crippen LogP contribution in [-0.4, -0.2) is 57.9 Å². The van der Waals surface area contributed by atoms with Crippen molar-refractivity contribution in [1.82, 2.24) is 19.8 Å². The second-order valence-electron chi connectivity index (χ2n) is 6.73. The van der Waals surface area contributed by atoms with Gasteiger partial charge in [0.25, 0.3) is 5.91 Å². The number of para-hydroxylation sites is 1. The molecule has 6 nitrogen and oxygen atoms in total. The maximum Gasteiger partial charge on any atom is 0.346 e. The average Bonchev–Trinajstić information content (AvgIpc) is 3.11. The van der Waals surface area contributed by atoms with Crippen LogP contribution in [0.3, 0.4) is 0 Å². The highest BCUT2D eigenvalue weighted by Crippen LogP contribution is 2.22. The van der Waals surface area contributed by atoms with Gasteiger partial charge in [-0.1, -0.05) is 24.6 Å². The zero-order valence-electron chi connectivity index (χ0n) is 13.7. The minimum absolute atomic E-state index is 0.128. The highest BCUT2D eigenvalue weighted by molar-refractivity contribution is 6.04. The van der Waals surface area contributed by atoms with Crippen LogP contribution in [0.25, 0.3) is 10.9 Å². The second kappa shape index (κ2) is 6.36. The Morgan fingerprint density at radius 2 is 1.92 bits per heavy atom. The van der Waals surface area contributed by atoms with Gasteiger partial charge in [-0.05, 0) is 38.4 Å². The zero-order chi connectivity index (χ0) is 16.5. The summed E-state index contributed by atoms with van der Waals surface area (Å²) in [7, 11) is 0. The molecule has 2 aliphatic heterocycles. The fourth-order valence-corrected chi connectivity index (χ4v) is 3.92. The Morgan fingerprint density at radius 1 is 1.12 bits per heavy atom. The Bertz CT molecular complexity index is 810. The lowest BCUT2D eigenvalue weighted by molar-refractivity contribution is 0.0767. The molecule has 2 aromatic rings. The number of hydrogen-bond donors (Lipinski definition) is 1. The van der Waals surface area contributed by atoms with Gasteiger partial charge in [0.15, 0.2) is 0 Å². The van der Waals surface area contributed by atoms with Crippen molar-refractivity contribution in [3.63, 3.8) is 0 Å². The van der Waals surface area contributed by atoms with Gasteiger partial charge in [0.1, 0.15) is 5.69 Å². The summed E-state index contributed by atoms with van der Waals surface area (Å²) in [6.07, 6.45) is 4.83. The van der Waals surface area contributed by atoms with Gasteiger partial charge in [-0.3, -0.25) is 9.69 Å². The van der Waals surface area contributed by atoms with Crippen molar-refractivity contribution in [2.45, 2.75) is 31.7 Å². The summed E-state index contributed by atoms with van der Waals surface area (Å²) >= 11 is 0. The lowest BCUT2D eigenvalue weighted by Crippen LogP contribution is -2.41. The predicted octanol–water partition coefficient (Wildman–Crippen LogP) is 1.62. The number of nitrogens with one attached hydrogen (secondary N) is 1. The topological polar surface area (TPSA) is 69.3 Å². The Balaban J connectivity index is 1.57. The van der Waals surface area contributed by atoms with Crippen LogP contribution in [0.15, 0.2) is 29.1 Å². The van der Waals surface area contributed by atoms with Crippen LogP contribution in [-0.2, 0) is 0 Å². The molecular formula is C18H22N4O2. The summed E-state index contributed by atoms with van der Waals surface area (Å²) in [5.74, 6) is -0.128. The number of rotatable bonds is 2. The third kappa shape index (κ3) is 2.82. The van der Waals surface area contributed by atoms with E-state index in [0.717, 1.165) is 32.6 Å². The van der Waals surface area contributed by atoms with Gasteiger partial charge < -0.3 is 9.88 Å². The molecule has 2 aliphatic rings. The van der Waals surface area contributed by atoms with Crippen molar-refractivity contribution in [1.29, 1.82) is 0 Å². The quantitative estimate of drug-likeness (QED) is 0.910. The fourth-order valence-electron chi connectivity index (χ4n) is 3.92. The lowest BCUT2D eigenvalue weighted by atomic mass is 10.1. The van der Waals surface area contributed by atoms with E-state index in [1.54, 1.807) is 6.07 Å². The summed E-state index contributed by atoms with van der Waals surface area (Å²) < 4.78 is 0. The SMILES string of the molecule is O=C(c1nc(=O)[nH]c2ccccc12)N1CCC(N2CCCCC2)C1. The molecule has 0 spiro atoms. The van der Waals surface area contributed by atoms with Crippen molar-refractivity contribution in [2.24, 2.45) is 0 Å². The lowest BCUT2D eigenvalue weighted by Gasteiger charge is -2.32. The average molecular weight is 326 g/mol. The Kier molecular flexibility index (Phi) is 4.06. The molecule has 6 heteroatoms. The molecule has 0 radical (unpaired) electrons. The van der Waals surface area contributed by atoms with E-state index in [4.69, 9.17) is 0 Å². The summed E-state index contributed by atoms with van der Waals surface area (Å²) in [6, 6.07) is 7.79. The van der Waals surface area contributed by atoms with E-state index < -0.39 is 5.69 Å². The van der Waals surface area contributed by atoms with Crippen LogP contribution in [0.1, 0.15) is 36.2 Å². The highest BCUT2D eigenvalue weighted by atomic mass is 16.2. The first-order valence-corrected chi connectivity index (χ1v) is 8.75. The molecule has 24 heavy (non-hydrogen) atoms. The predicted molar refractivity (Wildman–Crippen MR) is 92.1 cm³/mol. The first kappa shape index (κ1) is 15.3. The summed E-state index contributed by atoms with van der Waals surface area (Å²) in [5.41, 5.74) is 0.463. The van der Waals surface area contributed by atoms with Gasteiger partial charge >= 0.3 is 5.69 Å². The smallest absolute Gasteiger partial charge is 0.336 e. The number of fused-ring (bicyclic) bond motifs is 1. The van der Waals surface area contributed by atoms with E-state index in [1.807, 2.05) is 23.1 Å². The normalized spacial score (nSPS) is 22.2. The number of benzene rings is 1. The third-order valence-electron chi connectivity index (χ3n) is 5.20. The largest absolute Gasteiger partial charge is 0.346 e. The minimum Gasteiger partial charge on any atom is -0.336 e. The Labute approximate surface area is 140 Å². The van der Waals surface area contributed by atoms with Crippen LogP contribution in [0.4, 0.5) is 0 Å². The van der Waals surface area contributed by atoms with E-state index in [-0.39, 0.29) is 11.6 Å². The third-order valence-corrected chi connectivity index (χ3v) is 5.20. The van der Waals surface area contributed by atoms with Gasteiger partial charge in [-0.25, -0.2) is 4.79 Å². The van der Waals surface area contributed by atoms with Gasteiger partial charge in [0.2, 0.25) is 0 Å². The van der Waals surface area contributed by atoms with Crippen LogP contribution in [0, 0.1) is 0 Å².